The molecule has 0 unspecified atom stereocenters. The van der Waals surface area contributed by atoms with Crippen LogP contribution in [0, 0.1) is 13.8 Å². The van der Waals surface area contributed by atoms with Crippen LogP contribution in [0.5, 0.6) is 0 Å². The standard InChI is InChI=1S/C31H49N9O6/c1-5-27(43)46-20-12-10-8-6-7-9-11-17-40(4,18-13-15-32-30(44)38-28-34-23(2)21-25(41)36-28)19-14-16-33-31(45)39-29-35-24(3)22-26(42)37-29/h5,21-22H,1,6-20H2,2-4H3,(H5-,32,33,34,35,36,37,38,39,41,42,44,45)/p+1. The highest BCUT2D eigenvalue weighted by Gasteiger charge is 2.21. The number of anilines is 2. The smallest absolute Gasteiger partial charge is 0.330 e. The molecule has 0 aromatic carbocycles. The molecule has 0 aliphatic rings. The fourth-order valence-electron chi connectivity index (χ4n) is 4.95. The van der Waals surface area contributed by atoms with Crippen molar-refractivity contribution in [2.24, 2.45) is 0 Å². The number of carbonyl (C=O) groups is 3. The molecule has 46 heavy (non-hydrogen) atoms. The summed E-state index contributed by atoms with van der Waals surface area (Å²) in [6, 6.07) is 1.81. The number of nitrogens with zero attached hydrogens (tertiary/aromatic N) is 3. The molecule has 0 aliphatic carbocycles. The minimum Gasteiger partial charge on any atom is -0.463 e. The van der Waals surface area contributed by atoms with Gasteiger partial charge >= 0.3 is 18.0 Å². The predicted molar refractivity (Wildman–Crippen MR) is 177 cm³/mol. The molecule has 15 nitrogen and oxygen atoms in total. The van der Waals surface area contributed by atoms with Crippen molar-refractivity contribution in [3.05, 3.63) is 56.9 Å². The Bertz CT molecular complexity index is 1310. The van der Waals surface area contributed by atoms with E-state index < -0.39 is 23.2 Å². The number of carbonyl (C=O) groups excluding carboxylic acids is 3. The van der Waals surface area contributed by atoms with Crippen molar-refractivity contribution < 1.29 is 23.6 Å². The third-order valence-electron chi connectivity index (χ3n) is 7.29. The number of ether oxygens (including phenoxy) is 1. The van der Waals surface area contributed by atoms with Gasteiger partial charge in [0.2, 0.25) is 11.9 Å². The predicted octanol–water partition coefficient (Wildman–Crippen LogP) is 3.10. The molecule has 0 saturated heterocycles. The molecular weight excluding hydrogens is 594 g/mol. The topological polar surface area (TPSA) is 200 Å². The van der Waals surface area contributed by atoms with Crippen molar-refractivity contribution >= 4 is 29.9 Å². The van der Waals surface area contributed by atoms with Gasteiger partial charge in [0.1, 0.15) is 0 Å². The third kappa shape index (κ3) is 16.5. The van der Waals surface area contributed by atoms with E-state index >= 15 is 0 Å². The van der Waals surface area contributed by atoms with Gasteiger partial charge in [-0.1, -0.05) is 32.3 Å². The van der Waals surface area contributed by atoms with Crippen LogP contribution in [0.15, 0.2) is 34.4 Å². The quantitative estimate of drug-likeness (QED) is 0.0515. The van der Waals surface area contributed by atoms with Gasteiger partial charge < -0.3 is 29.8 Å². The van der Waals surface area contributed by atoms with Gasteiger partial charge in [0, 0.05) is 55.5 Å². The third-order valence-corrected chi connectivity index (χ3v) is 7.29. The zero-order valence-corrected chi connectivity index (χ0v) is 27.3. The Hall–Kier alpha value is -4.53. The maximum atomic E-state index is 12.3. The van der Waals surface area contributed by atoms with Gasteiger partial charge in [0.05, 0.1) is 33.3 Å². The Morgan fingerprint density at radius 2 is 1.20 bits per heavy atom. The summed E-state index contributed by atoms with van der Waals surface area (Å²) in [6.07, 6.45) is 10.0. The van der Waals surface area contributed by atoms with Gasteiger partial charge in [-0.25, -0.2) is 14.4 Å². The Balaban J connectivity index is 1.77. The second kappa shape index (κ2) is 20.5. The molecule has 15 heteroatoms. The van der Waals surface area contributed by atoms with Crippen LogP contribution < -0.4 is 32.4 Å². The number of H-pyrrole nitrogens is 2. The van der Waals surface area contributed by atoms with Crippen LogP contribution >= 0.6 is 0 Å². The first-order chi connectivity index (χ1) is 22.0. The summed E-state index contributed by atoms with van der Waals surface area (Å²) in [5.41, 5.74) is 0.340. The highest BCUT2D eigenvalue weighted by Crippen LogP contribution is 2.13. The number of esters is 1. The Morgan fingerprint density at radius 3 is 1.65 bits per heavy atom. The summed E-state index contributed by atoms with van der Waals surface area (Å²) in [4.78, 5) is 72.1. The second-order valence-corrected chi connectivity index (χ2v) is 11.6. The van der Waals surface area contributed by atoms with Crippen molar-refractivity contribution in [3.63, 3.8) is 0 Å². The molecule has 0 spiro atoms. The van der Waals surface area contributed by atoms with Crippen LogP contribution in [0.25, 0.3) is 0 Å². The molecular formula is C31H50N9O6+. The van der Waals surface area contributed by atoms with E-state index in [4.69, 9.17) is 4.74 Å². The van der Waals surface area contributed by atoms with Crippen LogP contribution in [0.1, 0.15) is 69.2 Å². The van der Waals surface area contributed by atoms with E-state index in [-0.39, 0.29) is 17.9 Å². The largest absolute Gasteiger partial charge is 0.463 e. The molecule has 254 valence electrons. The number of nitrogens with one attached hydrogen (secondary N) is 6. The number of hydrogen-bond acceptors (Lipinski definition) is 8. The molecule has 0 saturated carbocycles. The van der Waals surface area contributed by atoms with Gasteiger partial charge in [-0.2, -0.15) is 9.97 Å². The summed E-state index contributed by atoms with van der Waals surface area (Å²) in [5.74, 6) is -0.186. The summed E-state index contributed by atoms with van der Waals surface area (Å²) in [5, 5.41) is 10.8. The number of amides is 4. The van der Waals surface area contributed by atoms with Gasteiger partial charge in [-0.05, 0) is 33.1 Å². The van der Waals surface area contributed by atoms with Gasteiger partial charge in [0.25, 0.3) is 11.1 Å². The van der Waals surface area contributed by atoms with E-state index in [1.165, 1.54) is 18.2 Å². The first-order valence-electron chi connectivity index (χ1n) is 15.9. The fourth-order valence-corrected chi connectivity index (χ4v) is 4.95. The number of rotatable bonds is 21. The Morgan fingerprint density at radius 1 is 0.761 bits per heavy atom. The average Bonchev–Trinajstić information content (AvgIpc) is 2.97. The highest BCUT2D eigenvalue weighted by atomic mass is 16.5. The van der Waals surface area contributed by atoms with Crippen LogP contribution in [-0.2, 0) is 9.53 Å². The molecule has 0 fully saturated rings. The highest BCUT2D eigenvalue weighted by molar-refractivity contribution is 5.87. The van der Waals surface area contributed by atoms with Crippen LogP contribution in [-0.4, -0.2) is 88.8 Å². The van der Waals surface area contributed by atoms with E-state index in [1.807, 2.05) is 0 Å². The van der Waals surface area contributed by atoms with E-state index in [9.17, 15) is 24.0 Å². The van der Waals surface area contributed by atoms with E-state index in [1.54, 1.807) is 13.8 Å². The van der Waals surface area contributed by atoms with Gasteiger partial charge in [-0.3, -0.25) is 20.2 Å². The lowest BCUT2D eigenvalue weighted by Gasteiger charge is -2.35. The average molecular weight is 645 g/mol. The summed E-state index contributed by atoms with van der Waals surface area (Å²) in [6.45, 7) is 10.7. The van der Waals surface area contributed by atoms with Crippen LogP contribution in [0.3, 0.4) is 0 Å². The lowest BCUT2D eigenvalue weighted by Crippen LogP contribution is -2.48. The zero-order chi connectivity index (χ0) is 33.8. The van der Waals surface area contributed by atoms with Crippen molar-refractivity contribution in [1.82, 2.24) is 30.6 Å². The molecule has 4 amide bonds. The maximum Gasteiger partial charge on any atom is 0.330 e. The summed E-state index contributed by atoms with van der Waals surface area (Å²) in [7, 11) is 2.19. The lowest BCUT2D eigenvalue weighted by atomic mass is 10.1. The molecule has 2 rings (SSSR count). The van der Waals surface area contributed by atoms with Crippen molar-refractivity contribution in [3.8, 4) is 0 Å². The fraction of sp³-hybridized carbons (Fsp3) is 0.581. The molecule has 6 N–H and O–H groups in total. The maximum absolute atomic E-state index is 12.3. The van der Waals surface area contributed by atoms with Gasteiger partial charge in [0.15, 0.2) is 0 Å². The summed E-state index contributed by atoms with van der Waals surface area (Å²) >= 11 is 0. The lowest BCUT2D eigenvalue weighted by molar-refractivity contribution is -0.910. The Labute approximate surface area is 269 Å². The Kier molecular flexibility index (Phi) is 16.8. The van der Waals surface area contributed by atoms with Crippen molar-refractivity contribution in [1.29, 1.82) is 0 Å². The van der Waals surface area contributed by atoms with Crippen LogP contribution in [0.2, 0.25) is 0 Å². The molecule has 2 aromatic rings. The normalized spacial score (nSPS) is 11.0. The van der Waals surface area contributed by atoms with E-state index in [2.05, 4.69) is 54.8 Å². The first kappa shape index (κ1) is 37.7. The van der Waals surface area contributed by atoms with Crippen molar-refractivity contribution in [2.75, 3.05) is 57.0 Å². The van der Waals surface area contributed by atoms with Crippen LogP contribution in [0.4, 0.5) is 21.5 Å². The van der Waals surface area contributed by atoms with E-state index in [0.29, 0.717) is 31.1 Å². The minimum atomic E-state index is -0.443. The SMILES string of the molecule is C=CC(=O)OCCCCCCCCC[N+](C)(CCCNC(=O)Nc1nc(=O)cc(C)[nH]1)CCCNC(=O)Nc1nc(=O)cc(C)[nH]1. The summed E-state index contributed by atoms with van der Waals surface area (Å²) < 4.78 is 5.79. The number of unbranched alkanes of at least 4 members (excludes halogenated alkanes) is 6. The molecule has 0 atom stereocenters. The number of quaternary nitrogens is 1. The molecule has 0 radical (unpaired) electrons. The van der Waals surface area contributed by atoms with Crippen molar-refractivity contribution in [2.45, 2.75) is 71.6 Å². The number of aromatic nitrogens is 4. The number of urea groups is 2. The van der Waals surface area contributed by atoms with E-state index in [0.717, 1.165) is 81.9 Å². The second-order valence-electron chi connectivity index (χ2n) is 11.6. The van der Waals surface area contributed by atoms with Gasteiger partial charge in [-0.15, -0.1) is 0 Å². The zero-order valence-electron chi connectivity index (χ0n) is 27.3. The number of aromatic amines is 2. The molecule has 2 aromatic heterocycles. The molecule has 0 bridgehead atoms. The molecule has 2 heterocycles. The monoisotopic (exact) mass is 644 g/mol. The minimum absolute atomic E-state index is 0.0975. The first-order valence-corrected chi connectivity index (χ1v) is 15.9. The number of aryl methyl sites for hydroxylation is 2. The molecule has 0 aliphatic heterocycles. The number of hydrogen-bond donors (Lipinski definition) is 6.